The second-order valence-electron chi connectivity index (χ2n) is 7.22. The van der Waals surface area contributed by atoms with Gasteiger partial charge in [-0.3, -0.25) is 9.59 Å². The van der Waals surface area contributed by atoms with Crippen molar-refractivity contribution < 1.29 is 19.1 Å². The van der Waals surface area contributed by atoms with E-state index in [0.29, 0.717) is 35.4 Å². The van der Waals surface area contributed by atoms with E-state index < -0.39 is 6.10 Å². The van der Waals surface area contributed by atoms with Gasteiger partial charge in [-0.1, -0.05) is 38.1 Å². The molecule has 0 aliphatic carbocycles. The molecule has 0 radical (unpaired) electrons. The first-order chi connectivity index (χ1) is 13.5. The van der Waals surface area contributed by atoms with Crippen molar-refractivity contribution >= 4 is 23.2 Å². The van der Waals surface area contributed by atoms with Crippen LogP contribution in [0.3, 0.4) is 0 Å². The van der Waals surface area contributed by atoms with Gasteiger partial charge in [0.15, 0.2) is 6.10 Å². The van der Waals surface area contributed by atoms with E-state index in [0.717, 1.165) is 0 Å². The fourth-order valence-electron chi connectivity index (χ4n) is 2.97. The van der Waals surface area contributed by atoms with Gasteiger partial charge in [0.25, 0.3) is 5.91 Å². The van der Waals surface area contributed by atoms with Crippen molar-refractivity contribution in [3.8, 4) is 11.5 Å². The van der Waals surface area contributed by atoms with Gasteiger partial charge < -0.3 is 19.7 Å². The maximum atomic E-state index is 12.5. The van der Waals surface area contributed by atoms with E-state index in [4.69, 9.17) is 9.47 Å². The zero-order valence-corrected chi connectivity index (χ0v) is 16.5. The van der Waals surface area contributed by atoms with Crippen LogP contribution in [0.5, 0.6) is 11.5 Å². The van der Waals surface area contributed by atoms with Crippen LogP contribution in [0.2, 0.25) is 0 Å². The first-order valence-electron chi connectivity index (χ1n) is 9.54. The predicted molar refractivity (Wildman–Crippen MR) is 109 cm³/mol. The van der Waals surface area contributed by atoms with Crippen LogP contribution in [0.4, 0.5) is 11.4 Å². The van der Waals surface area contributed by atoms with Crippen LogP contribution in [0.1, 0.15) is 27.2 Å². The molecule has 0 saturated heterocycles. The molecule has 0 saturated carbocycles. The number of rotatable bonds is 7. The van der Waals surface area contributed by atoms with Gasteiger partial charge in [-0.15, -0.1) is 0 Å². The van der Waals surface area contributed by atoms with Crippen molar-refractivity contribution in [2.75, 3.05) is 23.4 Å². The number of anilines is 2. The van der Waals surface area contributed by atoms with Gasteiger partial charge in [-0.05, 0) is 37.1 Å². The zero-order chi connectivity index (χ0) is 20.1. The third-order valence-electron chi connectivity index (χ3n) is 4.37. The number of ether oxygens (including phenoxy) is 2. The van der Waals surface area contributed by atoms with Gasteiger partial charge in [0.1, 0.15) is 11.5 Å². The summed E-state index contributed by atoms with van der Waals surface area (Å²) < 4.78 is 11.4. The van der Waals surface area contributed by atoms with Crippen molar-refractivity contribution in [2.24, 2.45) is 5.92 Å². The highest BCUT2D eigenvalue weighted by Gasteiger charge is 2.31. The lowest BCUT2D eigenvalue weighted by molar-refractivity contribution is -0.125. The Morgan fingerprint density at radius 3 is 2.68 bits per heavy atom. The van der Waals surface area contributed by atoms with E-state index in [1.807, 2.05) is 48.5 Å². The molecule has 0 bridgehead atoms. The molecule has 6 nitrogen and oxygen atoms in total. The molecule has 0 fully saturated rings. The molecule has 1 heterocycles. The number of amides is 2. The van der Waals surface area contributed by atoms with E-state index in [1.165, 1.54) is 0 Å². The summed E-state index contributed by atoms with van der Waals surface area (Å²) in [6.45, 7) is 6.71. The largest absolute Gasteiger partial charge is 0.491 e. The molecule has 2 aromatic carbocycles. The van der Waals surface area contributed by atoms with E-state index in [2.05, 4.69) is 19.2 Å². The predicted octanol–water partition coefficient (Wildman–Crippen LogP) is 3.86. The van der Waals surface area contributed by atoms with Crippen LogP contribution in [0.25, 0.3) is 0 Å². The quantitative estimate of drug-likeness (QED) is 0.789. The normalized spacial score (nSPS) is 15.8. The summed E-state index contributed by atoms with van der Waals surface area (Å²) in [5.41, 5.74) is 1.33. The van der Waals surface area contributed by atoms with Gasteiger partial charge in [0.2, 0.25) is 5.91 Å². The first kappa shape index (κ1) is 19.7. The summed E-state index contributed by atoms with van der Waals surface area (Å²) in [5, 5.41) is 2.89. The Morgan fingerprint density at radius 2 is 1.89 bits per heavy atom. The lowest BCUT2D eigenvalue weighted by Crippen LogP contribution is -2.45. The summed E-state index contributed by atoms with van der Waals surface area (Å²) in [6.07, 6.45) is -0.395. The van der Waals surface area contributed by atoms with Crippen LogP contribution in [0, 0.1) is 5.92 Å². The van der Waals surface area contributed by atoms with E-state index in [9.17, 15) is 9.59 Å². The molecule has 2 amide bonds. The Bertz CT molecular complexity index is 850. The third kappa shape index (κ3) is 4.63. The fourth-order valence-corrected chi connectivity index (χ4v) is 2.97. The van der Waals surface area contributed by atoms with Crippen LogP contribution < -0.4 is 19.7 Å². The number of nitrogens with zero attached hydrogens (tertiary/aromatic N) is 1. The number of hydrogen-bond donors (Lipinski definition) is 1. The monoisotopic (exact) mass is 382 g/mol. The van der Waals surface area contributed by atoms with Crippen LogP contribution in [-0.4, -0.2) is 31.1 Å². The minimum atomic E-state index is -0.567. The first-order valence-corrected chi connectivity index (χ1v) is 9.54. The standard InChI is InChI=1S/C22H26N2O4/c1-15(2)14-27-19-10-6-4-8-17(19)23-21(25)12-13-24-18-9-5-7-11-20(18)28-16(3)22(24)26/h4-11,15-16H,12-14H2,1-3H3,(H,23,25). The van der Waals surface area contributed by atoms with Crippen molar-refractivity contribution in [3.63, 3.8) is 0 Å². The number of carbonyl (C=O) groups is 2. The number of carbonyl (C=O) groups excluding carboxylic acids is 2. The molecule has 1 unspecified atom stereocenters. The molecular weight excluding hydrogens is 356 g/mol. The third-order valence-corrected chi connectivity index (χ3v) is 4.37. The highest BCUT2D eigenvalue weighted by molar-refractivity contribution is 6.01. The molecule has 28 heavy (non-hydrogen) atoms. The molecule has 1 aliphatic rings. The summed E-state index contributed by atoms with van der Waals surface area (Å²) in [6, 6.07) is 14.7. The average Bonchev–Trinajstić information content (AvgIpc) is 2.67. The van der Waals surface area contributed by atoms with Gasteiger partial charge in [-0.2, -0.15) is 0 Å². The summed E-state index contributed by atoms with van der Waals surface area (Å²) in [7, 11) is 0. The Hall–Kier alpha value is -3.02. The lowest BCUT2D eigenvalue weighted by atomic mass is 10.1. The Labute approximate surface area is 165 Å². The van der Waals surface area contributed by atoms with Gasteiger partial charge in [0.05, 0.1) is 18.0 Å². The Kier molecular flexibility index (Phi) is 6.19. The molecular formula is C22H26N2O4. The Morgan fingerprint density at radius 1 is 1.18 bits per heavy atom. The average molecular weight is 382 g/mol. The second-order valence-corrected chi connectivity index (χ2v) is 7.22. The molecule has 2 aromatic rings. The summed E-state index contributed by atoms with van der Waals surface area (Å²) in [5.74, 6) is 1.36. The molecule has 148 valence electrons. The molecule has 3 rings (SSSR count). The van der Waals surface area contributed by atoms with Crippen molar-refractivity contribution in [1.29, 1.82) is 0 Å². The number of hydrogen-bond acceptors (Lipinski definition) is 4. The SMILES string of the molecule is CC(C)COc1ccccc1NC(=O)CCN1C(=O)C(C)Oc2ccccc21. The van der Waals surface area contributed by atoms with E-state index in [-0.39, 0.29) is 24.8 Å². The molecule has 6 heteroatoms. The highest BCUT2D eigenvalue weighted by Crippen LogP contribution is 2.33. The van der Waals surface area contributed by atoms with E-state index in [1.54, 1.807) is 11.8 Å². The van der Waals surface area contributed by atoms with Crippen LogP contribution in [0.15, 0.2) is 48.5 Å². The van der Waals surface area contributed by atoms with Gasteiger partial charge >= 0.3 is 0 Å². The molecule has 0 spiro atoms. The minimum absolute atomic E-state index is 0.146. The molecule has 1 N–H and O–H groups in total. The van der Waals surface area contributed by atoms with Crippen molar-refractivity contribution in [3.05, 3.63) is 48.5 Å². The minimum Gasteiger partial charge on any atom is -0.491 e. The molecule has 0 aromatic heterocycles. The maximum absolute atomic E-state index is 12.5. The maximum Gasteiger partial charge on any atom is 0.267 e. The topological polar surface area (TPSA) is 67.9 Å². The number of nitrogens with one attached hydrogen (secondary N) is 1. The molecule has 1 aliphatic heterocycles. The summed E-state index contributed by atoms with van der Waals surface area (Å²) >= 11 is 0. The smallest absolute Gasteiger partial charge is 0.267 e. The number of para-hydroxylation sites is 4. The number of fused-ring (bicyclic) bond motifs is 1. The summed E-state index contributed by atoms with van der Waals surface area (Å²) in [4.78, 5) is 26.6. The zero-order valence-electron chi connectivity index (χ0n) is 16.5. The van der Waals surface area contributed by atoms with E-state index >= 15 is 0 Å². The second kappa shape index (κ2) is 8.78. The van der Waals surface area contributed by atoms with Crippen molar-refractivity contribution in [1.82, 2.24) is 0 Å². The lowest BCUT2D eigenvalue weighted by Gasteiger charge is -2.32. The van der Waals surface area contributed by atoms with Gasteiger partial charge in [0, 0.05) is 13.0 Å². The Balaban J connectivity index is 1.64. The van der Waals surface area contributed by atoms with Crippen molar-refractivity contribution in [2.45, 2.75) is 33.3 Å². The van der Waals surface area contributed by atoms with Crippen LogP contribution in [-0.2, 0) is 9.59 Å². The highest BCUT2D eigenvalue weighted by atomic mass is 16.5. The molecule has 1 atom stereocenters. The van der Waals surface area contributed by atoms with Gasteiger partial charge in [-0.25, -0.2) is 0 Å². The van der Waals surface area contributed by atoms with Crippen LogP contribution >= 0.6 is 0 Å². The number of benzene rings is 2. The fraction of sp³-hybridized carbons (Fsp3) is 0.364.